The first-order chi connectivity index (χ1) is 17.8. The van der Waals surface area contributed by atoms with Gasteiger partial charge in [0.05, 0.1) is 17.6 Å². The van der Waals surface area contributed by atoms with E-state index in [1.54, 1.807) is 10.8 Å². The number of rotatable bonds is 7. The molecule has 1 aromatic carbocycles. The van der Waals surface area contributed by atoms with Crippen LogP contribution in [-0.4, -0.2) is 55.4 Å². The van der Waals surface area contributed by atoms with Crippen LogP contribution in [0.2, 0.25) is 0 Å². The number of hydrogen-bond donors (Lipinski definition) is 6. The minimum absolute atomic E-state index is 0.0761. The molecule has 0 atom stereocenters. The van der Waals surface area contributed by atoms with Crippen LogP contribution in [0.1, 0.15) is 56.0 Å². The fourth-order valence-electron chi connectivity index (χ4n) is 5.37. The Morgan fingerprint density at radius 2 is 1.92 bits per heavy atom. The number of fused-ring (bicyclic) bond motifs is 2. The first-order valence-corrected chi connectivity index (χ1v) is 14.4. The van der Waals surface area contributed by atoms with Crippen LogP contribution >= 0.6 is 0 Å². The first kappa shape index (κ1) is 25.5. The number of sulfonamides is 1. The molecule has 0 bridgehead atoms. The van der Waals surface area contributed by atoms with E-state index in [1.807, 2.05) is 6.07 Å². The third-order valence-electron chi connectivity index (χ3n) is 7.33. The third-order valence-corrected chi connectivity index (χ3v) is 8.76. The summed E-state index contributed by atoms with van der Waals surface area (Å²) >= 11 is 0. The van der Waals surface area contributed by atoms with Crippen LogP contribution in [0, 0.1) is 5.41 Å². The number of anilines is 2. The Morgan fingerprint density at radius 1 is 1.16 bits per heavy atom. The quantitative estimate of drug-likeness (QED) is 0.195. The molecule has 0 unspecified atom stereocenters. The lowest BCUT2D eigenvalue weighted by Gasteiger charge is -2.31. The summed E-state index contributed by atoms with van der Waals surface area (Å²) in [5.74, 6) is 1.71. The number of aromatic nitrogens is 2. The van der Waals surface area contributed by atoms with Crippen LogP contribution < -0.4 is 36.8 Å². The summed E-state index contributed by atoms with van der Waals surface area (Å²) in [6.07, 6.45) is 6.40. The summed E-state index contributed by atoms with van der Waals surface area (Å²) in [5, 5.41) is 16.3. The number of guanidine groups is 1. The minimum atomic E-state index is -3.50. The maximum absolute atomic E-state index is 12.9. The molecule has 3 heterocycles. The average molecular weight is 531 g/mol. The predicted molar refractivity (Wildman–Crippen MR) is 141 cm³/mol. The third kappa shape index (κ3) is 6.05. The van der Waals surface area contributed by atoms with E-state index in [4.69, 9.17) is 15.9 Å². The Hall–Kier alpha value is -3.16. The molecular weight excluding hydrogens is 496 g/mol. The maximum Gasteiger partial charge on any atom is 0.350 e. The van der Waals surface area contributed by atoms with Crippen molar-refractivity contribution >= 4 is 27.5 Å². The van der Waals surface area contributed by atoms with Crippen LogP contribution in [0.25, 0.3) is 0 Å². The highest BCUT2D eigenvalue weighted by molar-refractivity contribution is 7.89. The lowest BCUT2D eigenvalue weighted by atomic mass is 9.90. The van der Waals surface area contributed by atoms with Gasteiger partial charge >= 0.3 is 5.69 Å². The number of nitrogens with zero attached hydrogens (tertiary/aromatic N) is 2. The molecule has 37 heavy (non-hydrogen) atoms. The van der Waals surface area contributed by atoms with Gasteiger partial charge in [-0.1, -0.05) is 6.07 Å². The monoisotopic (exact) mass is 530 g/mol. The van der Waals surface area contributed by atoms with Crippen molar-refractivity contribution < 1.29 is 13.2 Å². The van der Waals surface area contributed by atoms with E-state index >= 15 is 0 Å². The van der Waals surface area contributed by atoms with Crippen molar-refractivity contribution in [2.75, 3.05) is 30.7 Å². The van der Waals surface area contributed by atoms with E-state index in [1.165, 1.54) is 5.56 Å². The first-order valence-electron chi connectivity index (χ1n) is 12.8. The number of ether oxygens (including phenoxy) is 1. The Bertz CT molecular complexity index is 1310. The summed E-state index contributed by atoms with van der Waals surface area (Å²) in [5.41, 5.74) is 6.92. The number of nitrogens with one attached hydrogen (secondary N) is 5. The highest BCUT2D eigenvalue weighted by Gasteiger charge is 2.28. The second-order valence-electron chi connectivity index (χ2n) is 9.93. The maximum atomic E-state index is 12.9. The molecule has 1 saturated carbocycles. The van der Waals surface area contributed by atoms with Gasteiger partial charge in [0, 0.05) is 18.6 Å². The molecule has 200 valence electrons. The van der Waals surface area contributed by atoms with Gasteiger partial charge in [-0.25, -0.2) is 17.9 Å². The zero-order valence-corrected chi connectivity index (χ0v) is 21.4. The molecule has 7 N–H and O–H groups in total. The van der Waals surface area contributed by atoms with Crippen LogP contribution in [-0.2, 0) is 10.0 Å². The van der Waals surface area contributed by atoms with Crippen LogP contribution in [0.3, 0.4) is 0 Å². The molecule has 0 radical (unpaired) electrons. The van der Waals surface area contributed by atoms with Gasteiger partial charge in [0.15, 0.2) is 23.3 Å². The summed E-state index contributed by atoms with van der Waals surface area (Å²) < 4.78 is 35.1. The summed E-state index contributed by atoms with van der Waals surface area (Å²) in [4.78, 5) is 17.2. The summed E-state index contributed by atoms with van der Waals surface area (Å²) in [7, 11) is -3.50. The molecule has 3 aliphatic rings. The molecule has 5 rings (SSSR count). The number of nitrogens with two attached hydrogens (primary N) is 1. The Kier molecular flexibility index (Phi) is 7.36. The summed E-state index contributed by atoms with van der Waals surface area (Å²) in [6, 6.07) is 5.90. The predicted octanol–water partition coefficient (Wildman–Crippen LogP) is 1.45. The van der Waals surface area contributed by atoms with E-state index in [0.717, 1.165) is 31.6 Å². The van der Waals surface area contributed by atoms with E-state index in [-0.39, 0.29) is 36.0 Å². The van der Waals surface area contributed by atoms with Crippen molar-refractivity contribution in [3.8, 4) is 11.5 Å². The van der Waals surface area contributed by atoms with Gasteiger partial charge in [-0.3, -0.25) is 9.98 Å². The number of benzene rings is 1. The fraction of sp³-hybridized carbons (Fsp3) is 0.542. The van der Waals surface area contributed by atoms with Gasteiger partial charge in [-0.2, -0.15) is 4.98 Å². The second-order valence-corrected chi connectivity index (χ2v) is 11.8. The van der Waals surface area contributed by atoms with Crippen molar-refractivity contribution in [2.45, 2.75) is 56.5 Å². The average Bonchev–Trinajstić information content (AvgIpc) is 2.87. The van der Waals surface area contributed by atoms with Gasteiger partial charge < -0.3 is 26.4 Å². The smallest absolute Gasteiger partial charge is 0.350 e. The van der Waals surface area contributed by atoms with Gasteiger partial charge in [0.2, 0.25) is 10.0 Å². The van der Waals surface area contributed by atoms with Crippen molar-refractivity contribution in [3.05, 3.63) is 40.4 Å². The molecule has 2 aromatic rings. The van der Waals surface area contributed by atoms with Gasteiger partial charge in [0.25, 0.3) is 0 Å². The SMILES string of the molecule is N=C(N)NCCS(=O)(=O)N[C@H]1CC[C@H](n2cc3c(nc2=O)Nc2cc(C4CCNCC4)ccc2O3)CC1. The van der Waals surface area contributed by atoms with E-state index in [2.05, 4.69) is 37.8 Å². The zero-order chi connectivity index (χ0) is 26.0. The fourth-order valence-corrected chi connectivity index (χ4v) is 6.60. The van der Waals surface area contributed by atoms with Crippen LogP contribution in [0.15, 0.2) is 29.2 Å². The molecule has 0 amide bonds. The topological polar surface area (TPSA) is 176 Å². The molecule has 12 nitrogen and oxygen atoms in total. The standard InChI is InChI=1S/C24H34N8O4S/c25-23(26)28-11-12-37(34,35)31-17-2-4-18(5-3-17)32-14-21-22(30-24(32)33)29-19-13-16(1-6-20(19)36-21)15-7-9-27-10-8-15/h1,6,13-15,17-18,27,31H,2-5,7-12H2,(H4,25,26,28)(H,29,30,33)/t17-,18-. The van der Waals surface area contributed by atoms with E-state index in [0.29, 0.717) is 48.9 Å². The lowest BCUT2D eigenvalue weighted by Crippen LogP contribution is -2.43. The number of piperidine rings is 1. The molecule has 1 aliphatic carbocycles. The lowest BCUT2D eigenvalue weighted by molar-refractivity contribution is 0.300. The normalized spacial score (nSPS) is 21.7. The van der Waals surface area contributed by atoms with E-state index < -0.39 is 10.0 Å². The van der Waals surface area contributed by atoms with Gasteiger partial charge in [-0.15, -0.1) is 0 Å². The van der Waals surface area contributed by atoms with Gasteiger partial charge in [-0.05, 0) is 75.2 Å². The zero-order valence-electron chi connectivity index (χ0n) is 20.6. The summed E-state index contributed by atoms with van der Waals surface area (Å²) in [6.45, 7) is 2.11. The van der Waals surface area contributed by atoms with Crippen molar-refractivity contribution in [3.63, 3.8) is 0 Å². The molecule has 2 fully saturated rings. The second kappa shape index (κ2) is 10.7. The largest absolute Gasteiger partial charge is 0.450 e. The van der Waals surface area contributed by atoms with Gasteiger partial charge in [0.1, 0.15) is 0 Å². The highest BCUT2D eigenvalue weighted by Crippen LogP contribution is 2.42. The molecule has 1 aromatic heterocycles. The van der Waals surface area contributed by atoms with Crippen LogP contribution in [0.4, 0.5) is 11.5 Å². The molecular formula is C24H34N8O4S. The highest BCUT2D eigenvalue weighted by atomic mass is 32.2. The van der Waals surface area contributed by atoms with Crippen LogP contribution in [0.5, 0.6) is 11.5 Å². The molecule has 0 spiro atoms. The molecule has 1 saturated heterocycles. The Morgan fingerprint density at radius 3 is 2.65 bits per heavy atom. The Labute approximate surface area is 215 Å². The van der Waals surface area contributed by atoms with Crippen molar-refractivity contribution in [1.29, 1.82) is 5.41 Å². The van der Waals surface area contributed by atoms with E-state index in [9.17, 15) is 13.2 Å². The van der Waals surface area contributed by atoms with Crippen molar-refractivity contribution in [2.24, 2.45) is 5.73 Å². The molecule has 13 heteroatoms. The minimum Gasteiger partial charge on any atom is -0.450 e. The Balaban J connectivity index is 1.22. The van der Waals surface area contributed by atoms with Crippen molar-refractivity contribution in [1.82, 2.24) is 24.9 Å². The molecule has 2 aliphatic heterocycles. The number of hydrogen-bond acceptors (Lipinski definition) is 8.